The molecule has 3 rings (SSSR count). The highest BCUT2D eigenvalue weighted by Crippen LogP contribution is 2.28. The topological polar surface area (TPSA) is 89.9 Å². The van der Waals surface area contributed by atoms with Crippen molar-refractivity contribution in [3.8, 4) is 17.3 Å². The summed E-state index contributed by atoms with van der Waals surface area (Å²) in [7, 11) is 1.48. The lowest BCUT2D eigenvalue weighted by Gasteiger charge is -2.06. The number of hydrogen-bond acceptors (Lipinski definition) is 5. The molecule has 0 aliphatic rings. The Bertz CT molecular complexity index is 873. The zero-order chi connectivity index (χ0) is 15.0. The second kappa shape index (κ2) is 4.82. The first-order valence-corrected chi connectivity index (χ1v) is 6.04. The number of hydrogen-bond donors (Lipinski definition) is 1. The highest BCUT2D eigenvalue weighted by Gasteiger charge is 2.23. The summed E-state index contributed by atoms with van der Waals surface area (Å²) in [6, 6.07) is 7.66. The maximum atomic E-state index is 12.4. The molecule has 0 radical (unpaired) electrons. The number of furan rings is 1. The minimum atomic E-state index is -1.37. The van der Waals surface area contributed by atoms with Gasteiger partial charge < -0.3 is 18.7 Å². The Hall–Kier alpha value is -3.02. The third-order valence-electron chi connectivity index (χ3n) is 3.06. The largest absolute Gasteiger partial charge is 0.497 e. The smallest absolute Gasteiger partial charge is 0.343 e. The van der Waals surface area contributed by atoms with Crippen molar-refractivity contribution in [3.05, 3.63) is 52.4 Å². The minimum Gasteiger partial charge on any atom is -0.497 e. The number of aromatic carboxylic acids is 1. The number of carboxylic acid groups (broad SMARTS) is 1. The lowest BCUT2D eigenvalue weighted by atomic mass is 10.1. The molecule has 0 fully saturated rings. The van der Waals surface area contributed by atoms with Crippen LogP contribution in [0.4, 0.5) is 0 Å². The van der Waals surface area contributed by atoms with Crippen LogP contribution in [0.2, 0.25) is 0 Å². The van der Waals surface area contributed by atoms with Crippen LogP contribution in [-0.2, 0) is 0 Å². The van der Waals surface area contributed by atoms with Crippen molar-refractivity contribution in [2.24, 2.45) is 0 Å². The van der Waals surface area contributed by atoms with Crippen molar-refractivity contribution in [3.63, 3.8) is 0 Å². The van der Waals surface area contributed by atoms with Crippen molar-refractivity contribution in [1.29, 1.82) is 0 Å². The van der Waals surface area contributed by atoms with E-state index < -0.39 is 17.0 Å². The van der Waals surface area contributed by atoms with E-state index in [1.165, 1.54) is 31.6 Å². The second-order valence-corrected chi connectivity index (χ2v) is 4.28. The van der Waals surface area contributed by atoms with Crippen molar-refractivity contribution in [2.45, 2.75) is 0 Å². The fraction of sp³-hybridized carbons (Fsp3) is 0.0667. The van der Waals surface area contributed by atoms with E-state index in [4.69, 9.17) is 13.6 Å². The maximum absolute atomic E-state index is 12.4. The van der Waals surface area contributed by atoms with E-state index in [0.29, 0.717) is 5.75 Å². The third-order valence-corrected chi connectivity index (χ3v) is 3.06. The number of fused-ring (bicyclic) bond motifs is 1. The average Bonchev–Trinajstić information content (AvgIpc) is 3.00. The average molecular weight is 286 g/mol. The molecule has 0 spiro atoms. The Morgan fingerprint density at radius 2 is 2.10 bits per heavy atom. The standard InChI is InChI=1S/C15H10O6/c1-19-8-4-5-9-11(7-8)21-14(10-3-2-6-20-10)12(13(9)16)15(17)18/h2-7H,1H3,(H,17,18). The van der Waals surface area contributed by atoms with E-state index in [2.05, 4.69) is 0 Å². The Labute approximate surface area is 118 Å². The van der Waals surface area contributed by atoms with Gasteiger partial charge in [0.2, 0.25) is 5.43 Å². The Balaban J connectivity index is 2.42. The van der Waals surface area contributed by atoms with Gasteiger partial charge in [0, 0.05) is 6.07 Å². The van der Waals surface area contributed by atoms with Gasteiger partial charge in [0.25, 0.3) is 0 Å². The molecule has 2 aromatic heterocycles. The van der Waals surface area contributed by atoms with E-state index in [1.54, 1.807) is 12.1 Å². The number of methoxy groups -OCH3 is 1. The molecule has 0 aliphatic carbocycles. The van der Waals surface area contributed by atoms with Gasteiger partial charge in [0.05, 0.1) is 18.8 Å². The minimum absolute atomic E-state index is 0.113. The fourth-order valence-corrected chi connectivity index (χ4v) is 2.08. The predicted octanol–water partition coefficient (Wildman–Crippen LogP) is 2.76. The maximum Gasteiger partial charge on any atom is 0.343 e. The van der Waals surface area contributed by atoms with E-state index in [9.17, 15) is 14.7 Å². The van der Waals surface area contributed by atoms with Gasteiger partial charge in [-0.25, -0.2) is 4.79 Å². The van der Waals surface area contributed by atoms with Crippen LogP contribution in [0.1, 0.15) is 10.4 Å². The first-order chi connectivity index (χ1) is 10.1. The first-order valence-electron chi connectivity index (χ1n) is 6.04. The van der Waals surface area contributed by atoms with E-state index in [0.717, 1.165) is 0 Å². The lowest BCUT2D eigenvalue weighted by molar-refractivity contribution is 0.0694. The number of rotatable bonds is 3. The molecule has 0 unspecified atom stereocenters. The molecule has 0 amide bonds. The van der Waals surface area contributed by atoms with Gasteiger partial charge in [-0.1, -0.05) is 0 Å². The van der Waals surface area contributed by atoms with Crippen LogP contribution in [-0.4, -0.2) is 18.2 Å². The lowest BCUT2D eigenvalue weighted by Crippen LogP contribution is -2.16. The fourth-order valence-electron chi connectivity index (χ4n) is 2.08. The number of benzene rings is 1. The summed E-state index contributed by atoms with van der Waals surface area (Å²) in [5.41, 5.74) is -0.851. The molecule has 2 heterocycles. The zero-order valence-electron chi connectivity index (χ0n) is 11.0. The van der Waals surface area contributed by atoms with Crippen LogP contribution < -0.4 is 10.2 Å². The Morgan fingerprint density at radius 3 is 2.71 bits per heavy atom. The molecule has 0 saturated carbocycles. The highest BCUT2D eigenvalue weighted by atomic mass is 16.5. The molecular formula is C15H10O6. The second-order valence-electron chi connectivity index (χ2n) is 4.28. The van der Waals surface area contributed by atoms with E-state index in [-0.39, 0.29) is 22.5 Å². The van der Waals surface area contributed by atoms with Gasteiger partial charge in [-0.3, -0.25) is 4.79 Å². The van der Waals surface area contributed by atoms with Crippen LogP contribution >= 0.6 is 0 Å². The summed E-state index contributed by atoms with van der Waals surface area (Å²) in [6.45, 7) is 0. The van der Waals surface area contributed by atoms with Crippen molar-refractivity contribution in [2.75, 3.05) is 7.11 Å². The van der Waals surface area contributed by atoms with Gasteiger partial charge in [-0.05, 0) is 24.3 Å². The highest BCUT2D eigenvalue weighted by molar-refractivity contribution is 5.97. The van der Waals surface area contributed by atoms with Gasteiger partial charge in [-0.15, -0.1) is 0 Å². The molecule has 0 atom stereocenters. The summed E-state index contributed by atoms with van der Waals surface area (Å²) in [6.07, 6.45) is 1.37. The van der Waals surface area contributed by atoms with Crippen LogP contribution in [0.3, 0.4) is 0 Å². The van der Waals surface area contributed by atoms with Gasteiger partial charge in [0.1, 0.15) is 11.3 Å². The molecule has 3 aromatic rings. The Kier molecular flexibility index (Phi) is 2.98. The molecule has 1 N–H and O–H groups in total. The molecule has 6 nitrogen and oxygen atoms in total. The molecular weight excluding hydrogens is 276 g/mol. The molecule has 0 bridgehead atoms. The monoisotopic (exact) mass is 286 g/mol. The molecule has 1 aromatic carbocycles. The summed E-state index contributed by atoms with van der Waals surface area (Å²) in [5, 5.41) is 9.45. The van der Waals surface area contributed by atoms with Crippen molar-refractivity contribution < 1.29 is 23.5 Å². The van der Waals surface area contributed by atoms with Crippen LogP contribution in [0.15, 0.2) is 50.2 Å². The van der Waals surface area contributed by atoms with Gasteiger partial charge >= 0.3 is 5.97 Å². The SMILES string of the molecule is COc1ccc2c(=O)c(C(=O)O)c(-c3ccco3)oc2c1. The summed E-state index contributed by atoms with van der Waals surface area (Å²) >= 11 is 0. The normalized spacial score (nSPS) is 10.7. The van der Waals surface area contributed by atoms with E-state index in [1.807, 2.05) is 0 Å². The number of ether oxygens (including phenoxy) is 1. The van der Waals surface area contributed by atoms with Crippen molar-refractivity contribution >= 4 is 16.9 Å². The molecule has 21 heavy (non-hydrogen) atoms. The van der Waals surface area contributed by atoms with Crippen LogP contribution in [0.5, 0.6) is 5.75 Å². The number of carbonyl (C=O) groups is 1. The summed E-state index contributed by atoms with van der Waals surface area (Å²) < 4.78 is 15.8. The molecule has 106 valence electrons. The van der Waals surface area contributed by atoms with Gasteiger partial charge in [0.15, 0.2) is 17.1 Å². The quantitative estimate of drug-likeness (QED) is 0.796. The molecule has 0 saturated heterocycles. The Morgan fingerprint density at radius 1 is 1.29 bits per heavy atom. The first kappa shape index (κ1) is 13.0. The third kappa shape index (κ3) is 2.06. The zero-order valence-corrected chi connectivity index (χ0v) is 11.0. The van der Waals surface area contributed by atoms with Gasteiger partial charge in [-0.2, -0.15) is 0 Å². The van der Waals surface area contributed by atoms with Crippen LogP contribution in [0, 0.1) is 0 Å². The predicted molar refractivity (Wildman–Crippen MR) is 73.7 cm³/mol. The molecule has 0 aliphatic heterocycles. The van der Waals surface area contributed by atoms with Crippen molar-refractivity contribution in [1.82, 2.24) is 0 Å². The summed E-state index contributed by atoms with van der Waals surface area (Å²) in [4.78, 5) is 23.7. The molecule has 6 heteroatoms. The number of carboxylic acids is 1. The van der Waals surface area contributed by atoms with E-state index >= 15 is 0 Å². The summed E-state index contributed by atoms with van der Waals surface area (Å²) in [5.74, 6) is -0.806. The van der Waals surface area contributed by atoms with Crippen LogP contribution in [0.25, 0.3) is 22.5 Å².